The van der Waals surface area contributed by atoms with Crippen molar-refractivity contribution in [2.24, 2.45) is 0 Å². The van der Waals surface area contributed by atoms with E-state index in [4.69, 9.17) is 15.0 Å². The second-order valence-corrected chi connectivity index (χ2v) is 13.2. The summed E-state index contributed by atoms with van der Waals surface area (Å²) in [5.41, 5.74) is 12.0. The number of hydrogen-bond donors (Lipinski definition) is 0. The zero-order valence-electron chi connectivity index (χ0n) is 29.3. The van der Waals surface area contributed by atoms with Crippen LogP contribution in [0.5, 0.6) is 0 Å². The summed E-state index contributed by atoms with van der Waals surface area (Å²) < 4.78 is 0. The molecule has 252 valence electrons. The fraction of sp³-hybridized carbons (Fsp3) is 0. The first-order valence-electron chi connectivity index (χ1n) is 17.9. The van der Waals surface area contributed by atoms with Crippen LogP contribution in [0.25, 0.3) is 89.4 Å². The van der Waals surface area contributed by atoms with Crippen molar-refractivity contribution in [3.05, 3.63) is 200 Å². The monoisotopic (exact) mass is 688 g/mol. The van der Waals surface area contributed by atoms with Gasteiger partial charge in [-0.15, -0.1) is 0 Å². The van der Waals surface area contributed by atoms with Crippen LogP contribution in [0, 0.1) is 11.3 Å². The van der Waals surface area contributed by atoms with Gasteiger partial charge in [0, 0.05) is 22.3 Å². The Hall–Kier alpha value is -7.48. The van der Waals surface area contributed by atoms with Crippen LogP contribution in [0.1, 0.15) is 5.56 Å². The van der Waals surface area contributed by atoms with E-state index in [9.17, 15) is 5.26 Å². The molecule has 9 rings (SSSR count). The number of nitrogens with zero attached hydrogens (tertiary/aromatic N) is 4. The van der Waals surface area contributed by atoms with Crippen LogP contribution in [-0.2, 0) is 0 Å². The van der Waals surface area contributed by atoms with Crippen LogP contribution in [0.15, 0.2) is 194 Å². The lowest BCUT2D eigenvalue weighted by atomic mass is 9.89. The van der Waals surface area contributed by atoms with E-state index in [0.29, 0.717) is 23.0 Å². The Labute approximate surface area is 314 Å². The molecule has 0 fully saturated rings. The predicted octanol–water partition coefficient (Wildman–Crippen LogP) is 12.6. The minimum absolute atomic E-state index is 0.576. The quantitative estimate of drug-likeness (QED) is 0.167. The highest BCUT2D eigenvalue weighted by Gasteiger charge is 2.20. The topological polar surface area (TPSA) is 62.5 Å². The summed E-state index contributed by atoms with van der Waals surface area (Å²) in [6.07, 6.45) is 0. The fourth-order valence-corrected chi connectivity index (χ4v) is 7.02. The lowest BCUT2D eigenvalue weighted by Gasteiger charge is -2.17. The van der Waals surface area contributed by atoms with Gasteiger partial charge < -0.3 is 0 Å². The lowest BCUT2D eigenvalue weighted by molar-refractivity contribution is 1.07. The van der Waals surface area contributed by atoms with Crippen LogP contribution in [-0.4, -0.2) is 15.0 Å². The van der Waals surface area contributed by atoms with Gasteiger partial charge in [-0.25, -0.2) is 15.0 Å². The summed E-state index contributed by atoms with van der Waals surface area (Å²) in [4.78, 5) is 15.6. The molecule has 0 amide bonds. The van der Waals surface area contributed by atoms with Gasteiger partial charge in [0.25, 0.3) is 0 Å². The maximum absolute atomic E-state index is 9.35. The molecule has 8 aromatic carbocycles. The van der Waals surface area contributed by atoms with Crippen molar-refractivity contribution in [3.63, 3.8) is 0 Å². The van der Waals surface area contributed by atoms with E-state index in [0.717, 1.165) is 61.2 Å². The molecule has 0 aliphatic rings. The van der Waals surface area contributed by atoms with Crippen molar-refractivity contribution < 1.29 is 0 Å². The molecule has 0 spiro atoms. The molecule has 0 aliphatic heterocycles. The molecule has 0 aliphatic carbocycles. The number of hydrogen-bond acceptors (Lipinski definition) is 4. The van der Waals surface area contributed by atoms with Crippen molar-refractivity contribution in [1.82, 2.24) is 15.0 Å². The second kappa shape index (κ2) is 14.3. The highest BCUT2D eigenvalue weighted by molar-refractivity contribution is 5.97. The van der Waals surface area contributed by atoms with Crippen LogP contribution in [0.3, 0.4) is 0 Å². The third-order valence-corrected chi connectivity index (χ3v) is 9.78. The SMILES string of the molecule is N#Cc1ccc(-c2cccc(-c3nc(-c4ccc(-c5ccccc5)cc4)nc(-c4cccc(-c5ccccc5)c4-c4ccc5ccccc5c4)n3)c2)cc1. The fourth-order valence-electron chi connectivity index (χ4n) is 7.02. The standard InChI is InChI=1S/C50H32N4/c51-33-34-21-23-38(24-22-34)42-17-9-18-44(32-42)49-52-48(40-28-25-37(26-29-40)35-11-3-1-4-12-35)53-50(54-49)46-20-10-19-45(39-14-5-2-6-15-39)47(46)43-30-27-36-13-7-8-16-41(36)31-43/h1-32H. The van der Waals surface area contributed by atoms with Gasteiger partial charge in [0.15, 0.2) is 17.5 Å². The van der Waals surface area contributed by atoms with E-state index >= 15 is 0 Å². The van der Waals surface area contributed by atoms with Crippen molar-refractivity contribution in [2.75, 3.05) is 0 Å². The van der Waals surface area contributed by atoms with Crippen LogP contribution in [0.2, 0.25) is 0 Å². The number of rotatable bonds is 7. The van der Waals surface area contributed by atoms with E-state index in [2.05, 4.69) is 152 Å². The van der Waals surface area contributed by atoms with Crippen LogP contribution >= 0.6 is 0 Å². The van der Waals surface area contributed by atoms with Gasteiger partial charge in [-0.1, -0.05) is 170 Å². The normalized spacial score (nSPS) is 10.9. The maximum Gasteiger partial charge on any atom is 0.164 e. The largest absolute Gasteiger partial charge is 0.208 e. The van der Waals surface area contributed by atoms with Crippen LogP contribution < -0.4 is 0 Å². The molecule has 0 saturated heterocycles. The Morgan fingerprint density at radius 3 is 1.56 bits per heavy atom. The Balaban J connectivity index is 1.25. The molecule has 0 radical (unpaired) electrons. The third-order valence-electron chi connectivity index (χ3n) is 9.78. The van der Waals surface area contributed by atoms with E-state index in [1.54, 1.807) is 0 Å². The molecule has 1 heterocycles. The minimum atomic E-state index is 0.576. The molecule has 4 heteroatoms. The second-order valence-electron chi connectivity index (χ2n) is 13.2. The van der Waals surface area contributed by atoms with Gasteiger partial charge in [0.2, 0.25) is 0 Å². The summed E-state index contributed by atoms with van der Waals surface area (Å²) >= 11 is 0. The van der Waals surface area contributed by atoms with Gasteiger partial charge in [0.1, 0.15) is 0 Å². The molecular weight excluding hydrogens is 657 g/mol. The summed E-state index contributed by atoms with van der Waals surface area (Å²) in [7, 11) is 0. The van der Waals surface area contributed by atoms with Gasteiger partial charge in [-0.2, -0.15) is 5.26 Å². The van der Waals surface area contributed by atoms with E-state index in [-0.39, 0.29) is 0 Å². The minimum Gasteiger partial charge on any atom is -0.208 e. The zero-order valence-corrected chi connectivity index (χ0v) is 29.3. The Kier molecular flexibility index (Phi) is 8.57. The first-order chi connectivity index (χ1) is 26.7. The van der Waals surface area contributed by atoms with E-state index < -0.39 is 0 Å². The van der Waals surface area contributed by atoms with Gasteiger partial charge in [0.05, 0.1) is 11.6 Å². The zero-order chi connectivity index (χ0) is 36.3. The molecule has 9 aromatic rings. The van der Waals surface area contributed by atoms with E-state index in [1.807, 2.05) is 48.5 Å². The molecule has 0 bridgehead atoms. The molecular formula is C50H32N4. The molecule has 0 N–H and O–H groups in total. The molecule has 0 unspecified atom stereocenters. The lowest BCUT2D eigenvalue weighted by Crippen LogP contribution is -2.02. The molecule has 0 atom stereocenters. The Morgan fingerprint density at radius 1 is 0.315 bits per heavy atom. The first kappa shape index (κ1) is 32.4. The Bertz CT molecular complexity index is 2800. The van der Waals surface area contributed by atoms with Gasteiger partial charge in [-0.3, -0.25) is 0 Å². The van der Waals surface area contributed by atoms with Crippen molar-refractivity contribution in [1.29, 1.82) is 5.26 Å². The average molecular weight is 689 g/mol. The van der Waals surface area contributed by atoms with Crippen LogP contribution in [0.4, 0.5) is 0 Å². The smallest absolute Gasteiger partial charge is 0.164 e. The molecule has 0 saturated carbocycles. The molecule has 54 heavy (non-hydrogen) atoms. The first-order valence-corrected chi connectivity index (χ1v) is 17.9. The maximum atomic E-state index is 9.35. The van der Waals surface area contributed by atoms with Crippen molar-refractivity contribution in [2.45, 2.75) is 0 Å². The number of nitriles is 1. The van der Waals surface area contributed by atoms with Gasteiger partial charge in [-0.05, 0) is 74.0 Å². The van der Waals surface area contributed by atoms with Gasteiger partial charge >= 0.3 is 0 Å². The number of benzene rings is 8. The highest BCUT2D eigenvalue weighted by atomic mass is 15.0. The highest BCUT2D eigenvalue weighted by Crippen LogP contribution is 2.41. The summed E-state index contributed by atoms with van der Waals surface area (Å²) in [5.74, 6) is 1.76. The predicted molar refractivity (Wildman–Crippen MR) is 220 cm³/mol. The average Bonchev–Trinajstić information content (AvgIpc) is 3.26. The summed E-state index contributed by atoms with van der Waals surface area (Å²) in [6.45, 7) is 0. The van der Waals surface area contributed by atoms with Crippen molar-refractivity contribution >= 4 is 10.8 Å². The van der Waals surface area contributed by atoms with Crippen molar-refractivity contribution in [3.8, 4) is 84.7 Å². The summed E-state index contributed by atoms with van der Waals surface area (Å²) in [6, 6.07) is 68.8. The summed E-state index contributed by atoms with van der Waals surface area (Å²) in [5, 5.41) is 11.7. The molecule has 4 nitrogen and oxygen atoms in total. The molecule has 1 aromatic heterocycles. The Morgan fingerprint density at radius 2 is 0.815 bits per heavy atom. The number of fused-ring (bicyclic) bond motifs is 1. The third kappa shape index (κ3) is 6.43. The number of aromatic nitrogens is 3. The van der Waals surface area contributed by atoms with E-state index in [1.165, 1.54) is 10.8 Å².